The van der Waals surface area contributed by atoms with E-state index in [0.717, 1.165) is 37.4 Å². The molecule has 0 aromatic heterocycles. The van der Waals surface area contributed by atoms with E-state index in [2.05, 4.69) is 6.92 Å². The van der Waals surface area contributed by atoms with E-state index in [4.69, 9.17) is 5.73 Å². The molecule has 0 saturated carbocycles. The van der Waals surface area contributed by atoms with Crippen molar-refractivity contribution in [3.8, 4) is 0 Å². The average molecular weight is 246 g/mol. The Kier molecular flexibility index (Phi) is 4.37. The molecule has 0 bridgehead atoms. The fourth-order valence-corrected chi connectivity index (χ4v) is 2.56. The van der Waals surface area contributed by atoms with Gasteiger partial charge < -0.3 is 10.6 Å². The summed E-state index contributed by atoms with van der Waals surface area (Å²) in [7, 11) is 0. The molecule has 2 rings (SSSR count). The highest BCUT2D eigenvalue weighted by Gasteiger charge is 2.26. The Morgan fingerprint density at radius 3 is 2.50 bits per heavy atom. The van der Waals surface area contributed by atoms with Crippen LogP contribution in [0.1, 0.15) is 37.8 Å². The lowest BCUT2D eigenvalue weighted by Crippen LogP contribution is -2.43. The third-order valence-electron chi connectivity index (χ3n) is 3.93. The summed E-state index contributed by atoms with van der Waals surface area (Å²) in [5.74, 6) is 0.845. The highest BCUT2D eigenvalue weighted by molar-refractivity contribution is 5.83. The Morgan fingerprint density at radius 1 is 1.33 bits per heavy atom. The van der Waals surface area contributed by atoms with Crippen LogP contribution in [0.4, 0.5) is 0 Å². The second kappa shape index (κ2) is 6.01. The summed E-state index contributed by atoms with van der Waals surface area (Å²) in [6.07, 6.45) is 3.44. The number of piperidine rings is 1. The molecule has 0 radical (unpaired) electrons. The van der Waals surface area contributed by atoms with Crippen molar-refractivity contribution in [1.29, 1.82) is 0 Å². The monoisotopic (exact) mass is 246 g/mol. The second-order valence-electron chi connectivity index (χ2n) is 5.07. The number of carbonyl (C=O) groups is 1. The molecule has 3 nitrogen and oxygen atoms in total. The van der Waals surface area contributed by atoms with Crippen molar-refractivity contribution < 1.29 is 4.79 Å². The first kappa shape index (κ1) is 13.1. The molecule has 1 aromatic rings. The fraction of sp³-hybridized carbons (Fsp3) is 0.533. The predicted octanol–water partition coefficient (Wildman–Crippen LogP) is 2.33. The molecule has 2 N–H and O–H groups in total. The van der Waals surface area contributed by atoms with E-state index in [0.29, 0.717) is 0 Å². The van der Waals surface area contributed by atoms with E-state index in [-0.39, 0.29) is 5.91 Å². The first-order valence-corrected chi connectivity index (χ1v) is 6.81. The van der Waals surface area contributed by atoms with Crippen LogP contribution < -0.4 is 5.73 Å². The summed E-state index contributed by atoms with van der Waals surface area (Å²) >= 11 is 0. The molecule has 1 fully saturated rings. The molecule has 1 aliphatic heterocycles. The van der Waals surface area contributed by atoms with Gasteiger partial charge in [0.05, 0.1) is 0 Å². The fourth-order valence-electron chi connectivity index (χ4n) is 2.56. The summed E-state index contributed by atoms with van der Waals surface area (Å²) in [5, 5.41) is 0. The Morgan fingerprint density at radius 2 is 1.94 bits per heavy atom. The number of nitrogens with two attached hydrogens (primary N) is 1. The predicted molar refractivity (Wildman–Crippen MR) is 73.0 cm³/mol. The zero-order valence-corrected chi connectivity index (χ0v) is 11.0. The zero-order valence-electron chi connectivity index (χ0n) is 11.0. The molecule has 1 unspecified atom stereocenters. The maximum atomic E-state index is 12.3. The molecule has 1 aromatic carbocycles. The van der Waals surface area contributed by atoms with Gasteiger partial charge in [-0.15, -0.1) is 0 Å². The van der Waals surface area contributed by atoms with Gasteiger partial charge >= 0.3 is 0 Å². The van der Waals surface area contributed by atoms with Gasteiger partial charge in [-0.3, -0.25) is 4.79 Å². The van der Waals surface area contributed by atoms with Crippen LogP contribution in [-0.2, 0) is 4.79 Å². The topological polar surface area (TPSA) is 46.3 Å². The van der Waals surface area contributed by atoms with Crippen LogP contribution in [0.2, 0.25) is 0 Å². The number of amides is 1. The normalized spacial score (nSPS) is 18.7. The Balaban J connectivity index is 1.96. The Labute approximate surface area is 109 Å². The number of rotatable bonds is 3. The van der Waals surface area contributed by atoms with Crippen molar-refractivity contribution in [2.45, 2.75) is 32.2 Å². The molecular formula is C15H22N2O. The SMILES string of the molecule is CCC1CCN(C(=O)C(N)c2ccccc2)CC1. The molecule has 18 heavy (non-hydrogen) atoms. The summed E-state index contributed by atoms with van der Waals surface area (Å²) in [6.45, 7) is 3.94. The van der Waals surface area contributed by atoms with Gasteiger partial charge in [-0.2, -0.15) is 0 Å². The van der Waals surface area contributed by atoms with E-state index < -0.39 is 6.04 Å². The molecular weight excluding hydrogens is 224 g/mol. The van der Waals surface area contributed by atoms with E-state index >= 15 is 0 Å². The van der Waals surface area contributed by atoms with Gasteiger partial charge in [0, 0.05) is 13.1 Å². The van der Waals surface area contributed by atoms with Crippen molar-refractivity contribution in [3.05, 3.63) is 35.9 Å². The molecule has 0 aliphatic carbocycles. The van der Waals surface area contributed by atoms with Crippen LogP contribution in [-0.4, -0.2) is 23.9 Å². The van der Waals surface area contributed by atoms with Crippen molar-refractivity contribution in [2.24, 2.45) is 11.7 Å². The minimum Gasteiger partial charge on any atom is -0.341 e. The van der Waals surface area contributed by atoms with Gasteiger partial charge in [0.15, 0.2) is 0 Å². The van der Waals surface area contributed by atoms with E-state index in [1.165, 1.54) is 6.42 Å². The third-order valence-corrected chi connectivity index (χ3v) is 3.93. The highest BCUT2D eigenvalue weighted by atomic mass is 16.2. The minimum atomic E-state index is -0.510. The molecule has 1 atom stereocenters. The van der Waals surface area contributed by atoms with Gasteiger partial charge in [-0.05, 0) is 24.3 Å². The molecule has 1 saturated heterocycles. The molecule has 1 aliphatic rings. The maximum Gasteiger partial charge on any atom is 0.244 e. The van der Waals surface area contributed by atoms with E-state index in [1.807, 2.05) is 35.2 Å². The summed E-state index contributed by atoms with van der Waals surface area (Å²) < 4.78 is 0. The minimum absolute atomic E-state index is 0.0655. The van der Waals surface area contributed by atoms with Crippen LogP contribution in [0, 0.1) is 5.92 Å². The number of carbonyl (C=O) groups excluding carboxylic acids is 1. The summed E-state index contributed by atoms with van der Waals surface area (Å²) in [4.78, 5) is 14.2. The molecule has 1 heterocycles. The lowest BCUT2D eigenvalue weighted by atomic mass is 9.93. The highest BCUT2D eigenvalue weighted by Crippen LogP contribution is 2.22. The van der Waals surface area contributed by atoms with Crippen LogP contribution >= 0.6 is 0 Å². The molecule has 3 heteroatoms. The van der Waals surface area contributed by atoms with Crippen molar-refractivity contribution in [3.63, 3.8) is 0 Å². The molecule has 98 valence electrons. The maximum absolute atomic E-state index is 12.3. The quantitative estimate of drug-likeness (QED) is 0.889. The van der Waals surface area contributed by atoms with Crippen LogP contribution in [0.25, 0.3) is 0 Å². The van der Waals surface area contributed by atoms with Crippen LogP contribution in [0.15, 0.2) is 30.3 Å². The number of benzene rings is 1. The van der Waals surface area contributed by atoms with Gasteiger partial charge in [0.25, 0.3) is 0 Å². The number of hydrogen-bond donors (Lipinski definition) is 1. The standard InChI is InChI=1S/C15H22N2O/c1-2-12-8-10-17(11-9-12)15(18)14(16)13-6-4-3-5-7-13/h3-7,12,14H,2,8-11,16H2,1H3. The number of likely N-dealkylation sites (tertiary alicyclic amines) is 1. The van der Waals surface area contributed by atoms with E-state index in [1.54, 1.807) is 0 Å². The molecule has 0 spiro atoms. The van der Waals surface area contributed by atoms with Crippen molar-refractivity contribution >= 4 is 5.91 Å². The lowest BCUT2D eigenvalue weighted by molar-refractivity contribution is -0.134. The van der Waals surface area contributed by atoms with Gasteiger partial charge in [-0.25, -0.2) is 0 Å². The average Bonchev–Trinajstić information content (AvgIpc) is 2.47. The first-order valence-electron chi connectivity index (χ1n) is 6.81. The smallest absolute Gasteiger partial charge is 0.244 e. The van der Waals surface area contributed by atoms with Crippen LogP contribution in [0.3, 0.4) is 0 Å². The van der Waals surface area contributed by atoms with Gasteiger partial charge in [0.1, 0.15) is 6.04 Å². The van der Waals surface area contributed by atoms with Gasteiger partial charge in [0.2, 0.25) is 5.91 Å². The molecule has 1 amide bonds. The largest absolute Gasteiger partial charge is 0.341 e. The Bertz CT molecular complexity index is 383. The van der Waals surface area contributed by atoms with Crippen molar-refractivity contribution in [2.75, 3.05) is 13.1 Å². The number of hydrogen-bond acceptors (Lipinski definition) is 2. The lowest BCUT2D eigenvalue weighted by Gasteiger charge is -2.33. The second-order valence-corrected chi connectivity index (χ2v) is 5.07. The van der Waals surface area contributed by atoms with E-state index in [9.17, 15) is 4.79 Å². The van der Waals surface area contributed by atoms with Crippen molar-refractivity contribution in [1.82, 2.24) is 4.90 Å². The van der Waals surface area contributed by atoms with Gasteiger partial charge in [-0.1, -0.05) is 43.7 Å². The summed E-state index contributed by atoms with van der Waals surface area (Å²) in [6, 6.07) is 9.11. The number of nitrogens with zero attached hydrogens (tertiary/aromatic N) is 1. The summed E-state index contributed by atoms with van der Waals surface area (Å²) in [5.41, 5.74) is 6.95. The third kappa shape index (κ3) is 2.91. The first-order chi connectivity index (χ1) is 8.72. The zero-order chi connectivity index (χ0) is 13.0. The van der Waals surface area contributed by atoms with Crippen LogP contribution in [0.5, 0.6) is 0 Å². The Hall–Kier alpha value is -1.35.